The number of esters is 1. The first kappa shape index (κ1) is 16.6. The lowest BCUT2D eigenvalue weighted by atomic mass is 9.96. The number of hydrogen-bond donors (Lipinski definition) is 1. The van der Waals surface area contributed by atoms with Crippen molar-refractivity contribution in [2.75, 3.05) is 31.1 Å². The van der Waals surface area contributed by atoms with Crippen LogP contribution in [0.5, 0.6) is 5.75 Å². The Kier molecular flexibility index (Phi) is 4.62. The zero-order chi connectivity index (χ0) is 17.3. The Labute approximate surface area is 144 Å². The molecule has 2 heterocycles. The van der Waals surface area contributed by atoms with Gasteiger partial charge in [0.25, 0.3) is 0 Å². The highest BCUT2D eigenvalue weighted by Gasteiger charge is 2.30. The van der Waals surface area contributed by atoms with Gasteiger partial charge in [-0.05, 0) is 31.0 Å². The number of carbonyl (C=O) groups excluding carboxylic acids is 3. The summed E-state index contributed by atoms with van der Waals surface area (Å²) in [5, 5.41) is 0.506. The third kappa shape index (κ3) is 3.46. The number of fused-ring (bicyclic) bond motifs is 1. The predicted molar refractivity (Wildman–Crippen MR) is 87.8 cm³/mol. The summed E-state index contributed by atoms with van der Waals surface area (Å²) >= 11 is 6.00. The molecule has 2 N–H and O–H groups in total. The normalized spacial score (nSPS) is 18.1. The van der Waals surface area contributed by atoms with Gasteiger partial charge in [0.05, 0.1) is 12.2 Å². The monoisotopic (exact) mass is 351 g/mol. The van der Waals surface area contributed by atoms with Gasteiger partial charge in [0.1, 0.15) is 6.54 Å². The molecule has 0 spiro atoms. The van der Waals surface area contributed by atoms with Crippen molar-refractivity contribution < 1.29 is 19.1 Å². The molecule has 3 rings (SSSR count). The summed E-state index contributed by atoms with van der Waals surface area (Å²) in [7, 11) is 0. The molecule has 128 valence electrons. The number of ether oxygens (including phenoxy) is 1. The Bertz CT molecular complexity index is 686. The van der Waals surface area contributed by atoms with Crippen molar-refractivity contribution in [3.8, 4) is 5.75 Å². The van der Waals surface area contributed by atoms with Gasteiger partial charge in [0.15, 0.2) is 5.75 Å². The fourth-order valence-electron chi connectivity index (χ4n) is 3.04. The molecular formula is C16H18ClN3O4. The Morgan fingerprint density at radius 3 is 2.67 bits per heavy atom. The van der Waals surface area contributed by atoms with Crippen LogP contribution in [0.2, 0.25) is 5.02 Å². The van der Waals surface area contributed by atoms with Crippen molar-refractivity contribution in [3.05, 3.63) is 23.2 Å². The first-order valence-electron chi connectivity index (χ1n) is 7.76. The number of nitrogens with zero attached hydrogens (tertiary/aromatic N) is 2. The topological polar surface area (TPSA) is 92.9 Å². The van der Waals surface area contributed by atoms with E-state index in [4.69, 9.17) is 22.1 Å². The van der Waals surface area contributed by atoms with Crippen LogP contribution in [0, 0.1) is 5.92 Å². The molecule has 2 aliphatic rings. The first-order valence-corrected chi connectivity index (χ1v) is 8.14. The minimum absolute atomic E-state index is 0.00314. The Morgan fingerprint density at radius 1 is 1.29 bits per heavy atom. The van der Waals surface area contributed by atoms with Gasteiger partial charge in [-0.3, -0.25) is 9.59 Å². The van der Waals surface area contributed by atoms with Crippen LogP contribution in [-0.2, 0) is 14.4 Å². The zero-order valence-corrected chi connectivity index (χ0v) is 13.8. The van der Waals surface area contributed by atoms with E-state index >= 15 is 0 Å². The van der Waals surface area contributed by atoms with E-state index in [1.54, 1.807) is 28.0 Å². The molecular weight excluding hydrogens is 334 g/mol. The van der Waals surface area contributed by atoms with Crippen molar-refractivity contribution in [1.82, 2.24) is 4.90 Å². The molecule has 0 aromatic heterocycles. The molecule has 1 aromatic rings. The van der Waals surface area contributed by atoms with Crippen molar-refractivity contribution in [1.29, 1.82) is 0 Å². The molecule has 1 aromatic carbocycles. The van der Waals surface area contributed by atoms with E-state index in [-0.39, 0.29) is 30.8 Å². The predicted octanol–water partition coefficient (Wildman–Crippen LogP) is 0.789. The Balaban J connectivity index is 1.68. The number of piperidine rings is 1. The highest BCUT2D eigenvalue weighted by Crippen LogP contribution is 2.34. The number of benzene rings is 1. The second-order valence-electron chi connectivity index (χ2n) is 6.00. The van der Waals surface area contributed by atoms with E-state index in [9.17, 15) is 14.4 Å². The first-order chi connectivity index (χ1) is 11.4. The van der Waals surface area contributed by atoms with Gasteiger partial charge in [-0.25, -0.2) is 4.79 Å². The quantitative estimate of drug-likeness (QED) is 0.642. The third-order valence-corrected chi connectivity index (χ3v) is 4.62. The molecule has 2 amide bonds. The van der Waals surface area contributed by atoms with E-state index in [1.807, 2.05) is 0 Å². The summed E-state index contributed by atoms with van der Waals surface area (Å²) in [6, 6.07) is 4.92. The van der Waals surface area contributed by atoms with Gasteiger partial charge in [0, 0.05) is 24.0 Å². The number of rotatable bonds is 3. The van der Waals surface area contributed by atoms with Crippen molar-refractivity contribution in [2.24, 2.45) is 11.7 Å². The molecule has 7 nitrogen and oxygen atoms in total. The van der Waals surface area contributed by atoms with Crippen LogP contribution < -0.4 is 15.4 Å². The summed E-state index contributed by atoms with van der Waals surface area (Å²) < 4.78 is 5.17. The number of nitrogens with two attached hydrogens (primary N) is 1. The average Bonchev–Trinajstić information content (AvgIpc) is 2.55. The molecule has 0 atom stereocenters. The molecule has 2 aliphatic heterocycles. The molecule has 24 heavy (non-hydrogen) atoms. The summed E-state index contributed by atoms with van der Waals surface area (Å²) in [4.78, 5) is 38.8. The standard InChI is InChI=1S/C16H18ClN3O4/c17-11-1-2-13-12(7-11)20(9-15(22)24-13)8-14(21)19-5-3-10(4-6-19)16(18)23/h1-2,7,10H,3-6,8-9H2,(H2,18,23). The lowest BCUT2D eigenvalue weighted by Crippen LogP contribution is -2.48. The number of hydrogen-bond acceptors (Lipinski definition) is 5. The van der Waals surface area contributed by atoms with E-state index in [1.165, 1.54) is 0 Å². The van der Waals surface area contributed by atoms with Crippen molar-refractivity contribution >= 4 is 35.1 Å². The van der Waals surface area contributed by atoms with Crippen LogP contribution in [0.15, 0.2) is 18.2 Å². The van der Waals surface area contributed by atoms with Gasteiger partial charge >= 0.3 is 5.97 Å². The van der Waals surface area contributed by atoms with Gasteiger partial charge in [-0.1, -0.05) is 11.6 Å². The van der Waals surface area contributed by atoms with E-state index in [0.29, 0.717) is 42.4 Å². The second-order valence-corrected chi connectivity index (χ2v) is 6.44. The van der Waals surface area contributed by atoms with Gasteiger partial charge in [0.2, 0.25) is 11.8 Å². The summed E-state index contributed by atoms with van der Waals surface area (Å²) in [5.74, 6) is -0.595. The van der Waals surface area contributed by atoms with Crippen LogP contribution in [0.1, 0.15) is 12.8 Å². The molecule has 0 bridgehead atoms. The van der Waals surface area contributed by atoms with Gasteiger partial charge in [-0.2, -0.15) is 0 Å². The molecule has 1 fully saturated rings. The van der Waals surface area contributed by atoms with Crippen molar-refractivity contribution in [2.45, 2.75) is 12.8 Å². The molecule has 1 saturated heterocycles. The molecule has 0 radical (unpaired) electrons. The van der Waals surface area contributed by atoms with Gasteiger partial charge < -0.3 is 20.3 Å². The minimum Gasteiger partial charge on any atom is -0.423 e. The van der Waals surface area contributed by atoms with E-state index in [0.717, 1.165) is 0 Å². The number of primary amides is 1. The summed E-state index contributed by atoms with van der Waals surface area (Å²) in [6.07, 6.45) is 1.15. The highest BCUT2D eigenvalue weighted by molar-refractivity contribution is 6.31. The lowest BCUT2D eigenvalue weighted by Gasteiger charge is -2.34. The number of halogens is 1. The van der Waals surface area contributed by atoms with Crippen LogP contribution >= 0.6 is 11.6 Å². The molecule has 0 saturated carbocycles. The van der Waals surface area contributed by atoms with Gasteiger partial charge in [-0.15, -0.1) is 0 Å². The van der Waals surface area contributed by atoms with Crippen LogP contribution in [-0.4, -0.2) is 48.9 Å². The van der Waals surface area contributed by atoms with Crippen LogP contribution in [0.3, 0.4) is 0 Å². The largest absolute Gasteiger partial charge is 0.423 e. The highest BCUT2D eigenvalue weighted by atomic mass is 35.5. The lowest BCUT2D eigenvalue weighted by molar-refractivity contribution is -0.135. The fraction of sp³-hybridized carbons (Fsp3) is 0.438. The second kappa shape index (κ2) is 6.68. The summed E-state index contributed by atoms with van der Waals surface area (Å²) in [5.41, 5.74) is 5.93. The fourth-order valence-corrected chi connectivity index (χ4v) is 3.20. The van der Waals surface area contributed by atoms with Crippen molar-refractivity contribution in [3.63, 3.8) is 0 Å². The Hall–Kier alpha value is -2.28. The number of carbonyl (C=O) groups is 3. The minimum atomic E-state index is -0.412. The number of anilines is 1. The number of likely N-dealkylation sites (tertiary alicyclic amines) is 1. The number of amides is 2. The molecule has 8 heteroatoms. The molecule has 0 aliphatic carbocycles. The molecule has 0 unspecified atom stereocenters. The van der Waals surface area contributed by atoms with Crippen LogP contribution in [0.25, 0.3) is 0 Å². The summed E-state index contributed by atoms with van der Waals surface area (Å²) in [6.45, 7) is 1.04. The average molecular weight is 352 g/mol. The zero-order valence-electron chi connectivity index (χ0n) is 13.0. The maximum absolute atomic E-state index is 12.5. The SMILES string of the molecule is NC(=O)C1CCN(C(=O)CN2CC(=O)Oc3ccc(Cl)cc32)CC1. The Morgan fingerprint density at radius 2 is 2.00 bits per heavy atom. The van der Waals surface area contributed by atoms with E-state index < -0.39 is 5.97 Å². The maximum Gasteiger partial charge on any atom is 0.331 e. The maximum atomic E-state index is 12.5. The smallest absolute Gasteiger partial charge is 0.331 e. The third-order valence-electron chi connectivity index (χ3n) is 4.38. The van der Waals surface area contributed by atoms with Crippen LogP contribution in [0.4, 0.5) is 5.69 Å². The van der Waals surface area contributed by atoms with E-state index in [2.05, 4.69) is 0 Å².